The lowest BCUT2D eigenvalue weighted by molar-refractivity contribution is -0.0135. The molecular weight excluding hydrogens is 164 g/mol. The average molecular weight is 188 g/mol. The van der Waals surface area contributed by atoms with Crippen LogP contribution in [0.1, 0.15) is 27.7 Å². The second-order valence-corrected chi connectivity index (χ2v) is 3.19. The molecule has 0 spiro atoms. The van der Waals surface area contributed by atoms with E-state index in [1.807, 2.05) is 0 Å². The molecule has 0 fully saturated rings. The fraction of sp³-hybridized carbons (Fsp3) is 1.00. The molecule has 13 heavy (non-hydrogen) atoms. The van der Waals surface area contributed by atoms with Gasteiger partial charge < -0.3 is 5.11 Å². The lowest BCUT2D eigenvalue weighted by atomic mass is 10.4. The molecule has 0 bridgehead atoms. The van der Waals surface area contributed by atoms with E-state index in [-0.39, 0.29) is 6.23 Å². The van der Waals surface area contributed by atoms with Crippen LogP contribution in [0.25, 0.3) is 0 Å². The summed E-state index contributed by atoms with van der Waals surface area (Å²) in [4.78, 5) is 4.31. The van der Waals surface area contributed by atoms with Gasteiger partial charge >= 0.3 is 0 Å². The summed E-state index contributed by atoms with van der Waals surface area (Å²) in [6.07, 6.45) is -0.310. The van der Waals surface area contributed by atoms with Crippen LogP contribution < -0.4 is 0 Å². The van der Waals surface area contributed by atoms with Crippen molar-refractivity contribution in [3.05, 3.63) is 0 Å². The number of likely N-dealkylation sites (N-methyl/N-ethyl adjacent to an activating group) is 2. The number of nitrogens with zero attached hydrogens (tertiary/aromatic N) is 2. The molecule has 0 aliphatic rings. The van der Waals surface area contributed by atoms with Gasteiger partial charge in [-0.05, 0) is 26.2 Å². The molecule has 0 aliphatic heterocycles. The molecule has 0 aromatic heterocycles. The van der Waals surface area contributed by atoms with Crippen LogP contribution in [0.4, 0.5) is 0 Å². The summed E-state index contributed by atoms with van der Waals surface area (Å²) in [5, 5.41) is 9.83. The predicted octanol–water partition coefficient (Wildman–Crippen LogP) is 0.988. The maximum absolute atomic E-state index is 9.83. The Labute approximate surface area is 82.3 Å². The fourth-order valence-electron chi connectivity index (χ4n) is 1.47. The summed E-state index contributed by atoms with van der Waals surface area (Å²) in [5.74, 6) is 0. The van der Waals surface area contributed by atoms with Crippen LogP contribution in [0, 0.1) is 0 Å². The summed E-state index contributed by atoms with van der Waals surface area (Å²) in [5.41, 5.74) is 0. The van der Waals surface area contributed by atoms with E-state index in [0.717, 1.165) is 32.7 Å². The first kappa shape index (κ1) is 12.9. The minimum absolute atomic E-state index is 0.310. The molecule has 1 atom stereocenters. The van der Waals surface area contributed by atoms with Gasteiger partial charge in [-0.1, -0.05) is 27.7 Å². The van der Waals surface area contributed by atoms with Gasteiger partial charge in [-0.15, -0.1) is 0 Å². The molecule has 0 rings (SSSR count). The van der Waals surface area contributed by atoms with E-state index < -0.39 is 0 Å². The first-order chi connectivity index (χ1) is 6.19. The molecular formula is C10H24N2O. The Morgan fingerprint density at radius 1 is 0.923 bits per heavy atom. The molecule has 0 radical (unpaired) electrons. The molecule has 80 valence electrons. The standard InChI is InChI=1S/C10H24N2O/c1-5-11(6-2)9-10(13)12(7-3)8-4/h10,13H,5-9H2,1-4H3. The highest BCUT2D eigenvalue weighted by Crippen LogP contribution is 1.98. The van der Waals surface area contributed by atoms with Crippen molar-refractivity contribution in [2.75, 3.05) is 32.7 Å². The first-order valence-corrected chi connectivity index (χ1v) is 5.33. The molecule has 0 aromatic rings. The predicted molar refractivity (Wildman–Crippen MR) is 56.7 cm³/mol. The Balaban J connectivity index is 3.87. The largest absolute Gasteiger partial charge is 0.377 e. The first-order valence-electron chi connectivity index (χ1n) is 5.33. The Bertz CT molecular complexity index is 111. The number of aliphatic hydroxyl groups excluding tert-OH is 1. The van der Waals surface area contributed by atoms with Crippen LogP contribution in [0.5, 0.6) is 0 Å². The minimum atomic E-state index is -0.310. The normalized spacial score (nSPS) is 14.1. The Kier molecular flexibility index (Phi) is 7.23. The topological polar surface area (TPSA) is 26.7 Å². The van der Waals surface area contributed by atoms with E-state index in [1.54, 1.807) is 0 Å². The molecule has 0 heterocycles. The average Bonchev–Trinajstić information content (AvgIpc) is 2.16. The summed E-state index contributed by atoms with van der Waals surface area (Å²) in [6.45, 7) is 13.0. The van der Waals surface area contributed by atoms with E-state index in [2.05, 4.69) is 37.5 Å². The molecule has 0 saturated heterocycles. The van der Waals surface area contributed by atoms with E-state index in [4.69, 9.17) is 0 Å². The molecule has 1 N–H and O–H groups in total. The zero-order valence-corrected chi connectivity index (χ0v) is 9.45. The number of hydrogen-bond donors (Lipinski definition) is 1. The maximum Gasteiger partial charge on any atom is 0.120 e. The maximum atomic E-state index is 9.83. The number of aliphatic hydroxyl groups is 1. The highest BCUT2D eigenvalue weighted by Gasteiger charge is 2.13. The smallest absolute Gasteiger partial charge is 0.120 e. The van der Waals surface area contributed by atoms with Crippen LogP contribution in [0.2, 0.25) is 0 Å². The third kappa shape index (κ3) is 4.60. The van der Waals surface area contributed by atoms with Crippen LogP contribution in [0.3, 0.4) is 0 Å². The van der Waals surface area contributed by atoms with Crippen LogP contribution >= 0.6 is 0 Å². The summed E-state index contributed by atoms with van der Waals surface area (Å²) in [7, 11) is 0. The lowest BCUT2D eigenvalue weighted by Gasteiger charge is -2.29. The Morgan fingerprint density at radius 2 is 1.38 bits per heavy atom. The highest BCUT2D eigenvalue weighted by molar-refractivity contribution is 4.63. The third-order valence-corrected chi connectivity index (χ3v) is 2.55. The van der Waals surface area contributed by atoms with Gasteiger partial charge in [0.2, 0.25) is 0 Å². The fourth-order valence-corrected chi connectivity index (χ4v) is 1.47. The zero-order chi connectivity index (χ0) is 10.3. The van der Waals surface area contributed by atoms with E-state index in [1.165, 1.54) is 0 Å². The molecule has 1 unspecified atom stereocenters. The van der Waals surface area contributed by atoms with Gasteiger partial charge in [0.05, 0.1) is 0 Å². The molecule has 0 aromatic carbocycles. The van der Waals surface area contributed by atoms with Gasteiger partial charge in [0.1, 0.15) is 6.23 Å². The third-order valence-electron chi connectivity index (χ3n) is 2.55. The number of rotatable bonds is 7. The Hall–Kier alpha value is -0.120. The van der Waals surface area contributed by atoms with Crippen molar-refractivity contribution < 1.29 is 5.11 Å². The van der Waals surface area contributed by atoms with Crippen LogP contribution in [-0.2, 0) is 0 Å². The van der Waals surface area contributed by atoms with Crippen molar-refractivity contribution >= 4 is 0 Å². The van der Waals surface area contributed by atoms with Crippen molar-refractivity contribution in [1.82, 2.24) is 9.80 Å². The quantitative estimate of drug-likeness (QED) is 0.604. The highest BCUT2D eigenvalue weighted by atomic mass is 16.3. The van der Waals surface area contributed by atoms with Gasteiger partial charge in [-0.25, -0.2) is 0 Å². The molecule has 3 nitrogen and oxygen atoms in total. The van der Waals surface area contributed by atoms with Crippen molar-refractivity contribution in [2.45, 2.75) is 33.9 Å². The van der Waals surface area contributed by atoms with Gasteiger partial charge in [0.15, 0.2) is 0 Å². The van der Waals surface area contributed by atoms with E-state index in [9.17, 15) is 5.11 Å². The van der Waals surface area contributed by atoms with Gasteiger partial charge in [-0.3, -0.25) is 9.80 Å². The monoisotopic (exact) mass is 188 g/mol. The minimum Gasteiger partial charge on any atom is -0.377 e. The van der Waals surface area contributed by atoms with Crippen LogP contribution in [0.15, 0.2) is 0 Å². The second kappa shape index (κ2) is 7.30. The van der Waals surface area contributed by atoms with E-state index >= 15 is 0 Å². The van der Waals surface area contributed by atoms with Crippen LogP contribution in [-0.4, -0.2) is 53.9 Å². The molecule has 0 amide bonds. The Morgan fingerprint density at radius 3 is 1.69 bits per heavy atom. The van der Waals surface area contributed by atoms with Crippen molar-refractivity contribution in [1.29, 1.82) is 0 Å². The van der Waals surface area contributed by atoms with E-state index in [0.29, 0.717) is 0 Å². The lowest BCUT2D eigenvalue weighted by Crippen LogP contribution is -2.43. The zero-order valence-electron chi connectivity index (χ0n) is 9.45. The van der Waals surface area contributed by atoms with Crippen molar-refractivity contribution in [3.8, 4) is 0 Å². The SMILES string of the molecule is CCN(CC)CC(O)N(CC)CC. The summed E-state index contributed by atoms with van der Waals surface area (Å²) >= 11 is 0. The molecule has 0 aliphatic carbocycles. The van der Waals surface area contributed by atoms with Gasteiger partial charge in [0.25, 0.3) is 0 Å². The summed E-state index contributed by atoms with van der Waals surface area (Å²) < 4.78 is 0. The van der Waals surface area contributed by atoms with Gasteiger partial charge in [0, 0.05) is 6.54 Å². The molecule has 3 heteroatoms. The van der Waals surface area contributed by atoms with Crippen molar-refractivity contribution in [3.63, 3.8) is 0 Å². The number of hydrogen-bond acceptors (Lipinski definition) is 3. The van der Waals surface area contributed by atoms with Crippen molar-refractivity contribution in [2.24, 2.45) is 0 Å². The van der Waals surface area contributed by atoms with Gasteiger partial charge in [-0.2, -0.15) is 0 Å². The summed E-state index contributed by atoms with van der Waals surface area (Å²) in [6, 6.07) is 0. The molecule has 0 saturated carbocycles. The second-order valence-electron chi connectivity index (χ2n) is 3.19.